The Bertz CT molecular complexity index is 1050. The summed E-state index contributed by atoms with van der Waals surface area (Å²) >= 11 is 0. The lowest BCUT2D eigenvalue weighted by molar-refractivity contribution is -0.0494. The quantitative estimate of drug-likeness (QED) is 0.571. The summed E-state index contributed by atoms with van der Waals surface area (Å²) in [6, 6.07) is 4.75. The van der Waals surface area contributed by atoms with E-state index in [2.05, 4.69) is 42.3 Å². The number of nitrogen functional groups attached to an aromatic ring is 1. The van der Waals surface area contributed by atoms with Crippen LogP contribution in [0.4, 0.5) is 14.6 Å². The second-order valence-electron chi connectivity index (χ2n) is 11.0. The number of rotatable bonds is 8. The van der Waals surface area contributed by atoms with Crippen LogP contribution < -0.4 is 10.5 Å². The SMILES string of the molecule is CC(CCC1[C@H]2C(N3CCOC[C@@H]3C)C[C@@H](C)[C@@]12C)n1ccc(-c2cnc(N)c(OC(F)F)c2)n1. The fraction of sp³-hybridized carbons (Fsp3) is 0.692. The number of nitrogens with zero attached hydrogens (tertiary/aromatic N) is 4. The van der Waals surface area contributed by atoms with Crippen LogP contribution in [0.2, 0.25) is 0 Å². The van der Waals surface area contributed by atoms with Gasteiger partial charge in [-0.3, -0.25) is 9.58 Å². The van der Waals surface area contributed by atoms with Crippen molar-refractivity contribution in [2.75, 3.05) is 25.5 Å². The van der Waals surface area contributed by atoms with Crippen LogP contribution in [-0.4, -0.2) is 58.1 Å². The molecule has 0 aromatic carbocycles. The maximum absolute atomic E-state index is 12.7. The Morgan fingerprint density at radius 2 is 2.14 bits per heavy atom. The van der Waals surface area contributed by atoms with Crippen molar-refractivity contribution in [1.29, 1.82) is 0 Å². The predicted molar refractivity (Wildman–Crippen MR) is 130 cm³/mol. The van der Waals surface area contributed by atoms with E-state index < -0.39 is 6.61 Å². The Labute approximate surface area is 206 Å². The normalized spacial score (nSPS) is 33.6. The molecule has 7 atom stereocenters. The average Bonchev–Trinajstić information content (AvgIpc) is 3.11. The summed E-state index contributed by atoms with van der Waals surface area (Å²) in [4.78, 5) is 6.70. The summed E-state index contributed by atoms with van der Waals surface area (Å²) in [6.45, 7) is 9.22. The van der Waals surface area contributed by atoms with Crippen molar-refractivity contribution in [2.45, 2.75) is 71.7 Å². The van der Waals surface area contributed by atoms with E-state index in [9.17, 15) is 8.78 Å². The number of anilines is 1. The number of ether oxygens (including phenoxy) is 2. The minimum absolute atomic E-state index is 0.0654. The van der Waals surface area contributed by atoms with Crippen LogP contribution in [0.1, 0.15) is 53.0 Å². The maximum atomic E-state index is 12.7. The van der Waals surface area contributed by atoms with Crippen LogP contribution >= 0.6 is 0 Å². The van der Waals surface area contributed by atoms with Gasteiger partial charge in [-0.05, 0) is 68.4 Å². The van der Waals surface area contributed by atoms with Gasteiger partial charge in [0.25, 0.3) is 0 Å². The van der Waals surface area contributed by atoms with E-state index in [4.69, 9.17) is 15.6 Å². The van der Waals surface area contributed by atoms with Gasteiger partial charge in [-0.2, -0.15) is 13.9 Å². The van der Waals surface area contributed by atoms with Crippen LogP contribution in [0.3, 0.4) is 0 Å². The van der Waals surface area contributed by atoms with Gasteiger partial charge in [0.05, 0.1) is 18.9 Å². The monoisotopic (exact) mass is 489 g/mol. The fourth-order valence-corrected chi connectivity index (χ4v) is 6.94. The topological polar surface area (TPSA) is 78.4 Å². The average molecular weight is 490 g/mol. The van der Waals surface area contributed by atoms with E-state index in [1.54, 1.807) is 0 Å². The minimum Gasteiger partial charge on any atom is -0.431 e. The maximum Gasteiger partial charge on any atom is 0.387 e. The third-order valence-electron chi connectivity index (χ3n) is 9.11. The molecular formula is C26H37F2N5O2. The molecule has 7 nitrogen and oxygen atoms in total. The number of nitrogens with two attached hydrogens (primary N) is 1. The molecule has 3 unspecified atom stereocenters. The number of hydrogen-bond acceptors (Lipinski definition) is 6. The summed E-state index contributed by atoms with van der Waals surface area (Å²) in [5.74, 6) is 2.06. The number of aromatic nitrogens is 3. The van der Waals surface area contributed by atoms with Gasteiger partial charge >= 0.3 is 6.61 Å². The predicted octanol–water partition coefficient (Wildman–Crippen LogP) is 4.85. The first-order valence-electron chi connectivity index (χ1n) is 12.8. The van der Waals surface area contributed by atoms with Crippen molar-refractivity contribution in [3.8, 4) is 17.0 Å². The molecule has 3 aliphatic rings. The van der Waals surface area contributed by atoms with Gasteiger partial charge in [0.2, 0.25) is 0 Å². The second kappa shape index (κ2) is 9.32. The molecule has 2 aliphatic carbocycles. The van der Waals surface area contributed by atoms with Crippen molar-refractivity contribution in [1.82, 2.24) is 19.7 Å². The van der Waals surface area contributed by atoms with Crippen LogP contribution in [0.5, 0.6) is 5.75 Å². The Morgan fingerprint density at radius 3 is 2.89 bits per heavy atom. The van der Waals surface area contributed by atoms with Crippen molar-refractivity contribution in [3.05, 3.63) is 24.5 Å². The molecular weight excluding hydrogens is 452 g/mol. The Balaban J connectivity index is 1.22. The first-order chi connectivity index (χ1) is 16.7. The molecule has 3 fully saturated rings. The van der Waals surface area contributed by atoms with Gasteiger partial charge in [-0.15, -0.1) is 0 Å². The van der Waals surface area contributed by atoms with E-state index in [1.807, 2.05) is 16.9 Å². The van der Waals surface area contributed by atoms with Crippen molar-refractivity contribution in [2.24, 2.45) is 23.2 Å². The highest BCUT2D eigenvalue weighted by atomic mass is 19.3. The summed E-state index contributed by atoms with van der Waals surface area (Å²) in [7, 11) is 0. The summed E-state index contributed by atoms with van der Waals surface area (Å²) in [6.07, 6.45) is 7.02. The lowest BCUT2D eigenvalue weighted by Crippen LogP contribution is -2.50. The molecule has 2 saturated carbocycles. The Morgan fingerprint density at radius 1 is 1.34 bits per heavy atom. The number of halogens is 2. The largest absolute Gasteiger partial charge is 0.431 e. The summed E-state index contributed by atoms with van der Waals surface area (Å²) in [5, 5.41) is 4.70. The number of pyridine rings is 1. The molecule has 2 N–H and O–H groups in total. The lowest BCUT2D eigenvalue weighted by atomic mass is 9.88. The number of hydrogen-bond donors (Lipinski definition) is 1. The van der Waals surface area contributed by atoms with Gasteiger partial charge in [-0.1, -0.05) is 13.8 Å². The van der Waals surface area contributed by atoms with Crippen molar-refractivity contribution >= 4 is 5.82 Å². The Hall–Kier alpha value is -2.26. The molecule has 5 rings (SSSR count). The fourth-order valence-electron chi connectivity index (χ4n) is 6.94. The molecule has 0 bridgehead atoms. The van der Waals surface area contributed by atoms with E-state index in [-0.39, 0.29) is 17.6 Å². The van der Waals surface area contributed by atoms with Crippen LogP contribution in [0.15, 0.2) is 24.5 Å². The smallest absolute Gasteiger partial charge is 0.387 e. The van der Waals surface area contributed by atoms with Crippen LogP contribution in [0.25, 0.3) is 11.3 Å². The van der Waals surface area contributed by atoms with E-state index >= 15 is 0 Å². The molecule has 0 radical (unpaired) electrons. The van der Waals surface area contributed by atoms with Crippen molar-refractivity contribution < 1.29 is 18.3 Å². The van der Waals surface area contributed by atoms with Gasteiger partial charge in [0, 0.05) is 42.6 Å². The van der Waals surface area contributed by atoms with Gasteiger partial charge < -0.3 is 15.2 Å². The number of alkyl halides is 2. The third kappa shape index (κ3) is 4.42. The molecule has 0 amide bonds. The van der Waals surface area contributed by atoms with E-state index in [0.717, 1.165) is 43.9 Å². The standard InChI is InChI=1S/C26H37F2N5O2/c1-15-11-21(32-9-10-34-14-17(32)3)23-19(26(15,23)4)6-5-16(2)33-8-7-20(31-33)18-12-22(35-25(27)28)24(29)30-13-18/h7-8,12-13,15-17,19,21,23,25H,5-6,9-11,14H2,1-4H3,(H2,29,30)/t15-,16?,17+,19?,21?,23+,26+/m1/s1. The van der Waals surface area contributed by atoms with Gasteiger partial charge in [0.1, 0.15) is 0 Å². The molecule has 0 spiro atoms. The minimum atomic E-state index is -2.95. The first-order valence-corrected chi connectivity index (χ1v) is 12.8. The second-order valence-corrected chi connectivity index (χ2v) is 11.0. The zero-order valence-electron chi connectivity index (χ0n) is 21.0. The molecule has 192 valence electrons. The zero-order valence-corrected chi connectivity index (χ0v) is 21.0. The highest BCUT2D eigenvalue weighted by molar-refractivity contribution is 5.63. The van der Waals surface area contributed by atoms with E-state index in [1.165, 1.54) is 25.1 Å². The Kier molecular flexibility index (Phi) is 6.50. The van der Waals surface area contributed by atoms with E-state index in [0.29, 0.717) is 28.8 Å². The third-order valence-corrected chi connectivity index (χ3v) is 9.11. The van der Waals surface area contributed by atoms with Gasteiger partial charge in [0.15, 0.2) is 11.6 Å². The summed E-state index contributed by atoms with van der Waals surface area (Å²) < 4.78 is 37.4. The molecule has 2 aromatic heterocycles. The lowest BCUT2D eigenvalue weighted by Gasteiger charge is -2.39. The zero-order chi connectivity index (χ0) is 24.9. The molecule has 1 saturated heterocycles. The van der Waals surface area contributed by atoms with Crippen LogP contribution in [-0.2, 0) is 4.74 Å². The van der Waals surface area contributed by atoms with Gasteiger partial charge in [-0.25, -0.2) is 4.98 Å². The molecule has 3 heterocycles. The number of morpholine rings is 1. The highest BCUT2D eigenvalue weighted by Gasteiger charge is 2.70. The van der Waals surface area contributed by atoms with Crippen LogP contribution in [0, 0.1) is 23.2 Å². The molecule has 2 aromatic rings. The molecule has 1 aliphatic heterocycles. The first kappa shape index (κ1) is 24.4. The molecule has 35 heavy (non-hydrogen) atoms. The summed E-state index contributed by atoms with van der Waals surface area (Å²) in [5.41, 5.74) is 7.36. The van der Waals surface area contributed by atoms with Crippen molar-refractivity contribution in [3.63, 3.8) is 0 Å². The number of fused-ring (bicyclic) bond motifs is 1. The molecule has 9 heteroatoms. The highest BCUT2D eigenvalue weighted by Crippen LogP contribution is 2.73.